The number of carbonyl (C=O) groups is 2. The molecule has 0 aromatic carbocycles. The molecule has 1 rings (SSSR count). The van der Waals surface area contributed by atoms with Crippen LogP contribution in [0.1, 0.15) is 31.9 Å². The highest BCUT2D eigenvalue weighted by molar-refractivity contribution is 5.82. The van der Waals surface area contributed by atoms with Crippen molar-refractivity contribution in [2.75, 3.05) is 7.05 Å². The molecule has 2 amide bonds. The molecule has 1 aromatic rings. The van der Waals surface area contributed by atoms with E-state index in [0.29, 0.717) is 18.1 Å². The predicted octanol–water partition coefficient (Wildman–Crippen LogP) is 0.754. The third-order valence-electron chi connectivity index (χ3n) is 3.13. The molecule has 112 valence electrons. The van der Waals surface area contributed by atoms with Crippen LogP contribution in [-0.4, -0.2) is 50.3 Å². The molecule has 8 nitrogen and oxygen atoms in total. The summed E-state index contributed by atoms with van der Waals surface area (Å²) in [6.45, 7) is 5.65. The van der Waals surface area contributed by atoms with Gasteiger partial charge in [-0.15, -0.1) is 0 Å². The first-order valence-electron chi connectivity index (χ1n) is 6.47. The number of aromatic nitrogens is 3. The van der Waals surface area contributed by atoms with Crippen LogP contribution in [0.3, 0.4) is 0 Å². The lowest BCUT2D eigenvalue weighted by molar-refractivity contribution is -0.140. The summed E-state index contributed by atoms with van der Waals surface area (Å²) in [6.07, 6.45) is 0.668. The van der Waals surface area contributed by atoms with Gasteiger partial charge >= 0.3 is 12.0 Å². The van der Waals surface area contributed by atoms with Gasteiger partial charge in [0.2, 0.25) is 0 Å². The SMILES string of the molecule is CCC(C)C(NC(=O)N(C)Cc1n[nH]c(C)n1)C(=O)O. The normalized spacial score (nSPS) is 13.6. The molecule has 3 N–H and O–H groups in total. The molecule has 0 saturated heterocycles. The molecule has 2 atom stereocenters. The van der Waals surface area contributed by atoms with Crippen LogP contribution in [-0.2, 0) is 11.3 Å². The lowest BCUT2D eigenvalue weighted by Gasteiger charge is -2.23. The van der Waals surface area contributed by atoms with Gasteiger partial charge in [-0.3, -0.25) is 5.10 Å². The van der Waals surface area contributed by atoms with Crippen molar-refractivity contribution in [3.63, 3.8) is 0 Å². The van der Waals surface area contributed by atoms with Crippen molar-refractivity contribution in [3.05, 3.63) is 11.6 Å². The third kappa shape index (κ3) is 4.22. The average Bonchev–Trinajstić information content (AvgIpc) is 2.79. The van der Waals surface area contributed by atoms with E-state index >= 15 is 0 Å². The summed E-state index contributed by atoms with van der Waals surface area (Å²) in [4.78, 5) is 28.6. The quantitative estimate of drug-likeness (QED) is 0.713. The molecule has 0 aliphatic carbocycles. The van der Waals surface area contributed by atoms with Gasteiger partial charge in [-0.05, 0) is 12.8 Å². The summed E-state index contributed by atoms with van der Waals surface area (Å²) in [5.41, 5.74) is 0. The Balaban J connectivity index is 2.61. The molecule has 0 bridgehead atoms. The Bertz CT molecular complexity index is 473. The zero-order valence-corrected chi connectivity index (χ0v) is 12.2. The maximum absolute atomic E-state index is 12.0. The fourth-order valence-electron chi connectivity index (χ4n) is 1.67. The zero-order valence-electron chi connectivity index (χ0n) is 12.2. The summed E-state index contributed by atoms with van der Waals surface area (Å²) in [5, 5.41) is 18.3. The van der Waals surface area contributed by atoms with Crippen molar-refractivity contribution in [1.82, 2.24) is 25.4 Å². The van der Waals surface area contributed by atoms with Gasteiger partial charge in [-0.25, -0.2) is 14.6 Å². The number of nitrogens with one attached hydrogen (secondary N) is 2. The van der Waals surface area contributed by atoms with Crippen molar-refractivity contribution in [2.24, 2.45) is 5.92 Å². The highest BCUT2D eigenvalue weighted by Crippen LogP contribution is 2.08. The van der Waals surface area contributed by atoms with Crippen LogP contribution in [0.5, 0.6) is 0 Å². The number of carboxylic acids is 1. The molecule has 2 unspecified atom stereocenters. The highest BCUT2D eigenvalue weighted by Gasteiger charge is 2.26. The number of hydrogen-bond donors (Lipinski definition) is 3. The third-order valence-corrected chi connectivity index (χ3v) is 3.13. The predicted molar refractivity (Wildman–Crippen MR) is 72.0 cm³/mol. The van der Waals surface area contributed by atoms with E-state index in [1.54, 1.807) is 20.9 Å². The van der Waals surface area contributed by atoms with Gasteiger partial charge in [0.05, 0.1) is 6.54 Å². The van der Waals surface area contributed by atoms with Gasteiger partial charge < -0.3 is 15.3 Å². The van der Waals surface area contributed by atoms with E-state index in [1.807, 2.05) is 6.92 Å². The first kappa shape index (κ1) is 15.9. The molecular formula is C12H21N5O3. The number of nitrogens with zero attached hydrogens (tertiary/aromatic N) is 3. The van der Waals surface area contributed by atoms with E-state index in [0.717, 1.165) is 0 Å². The standard InChI is InChI=1S/C12H21N5O3/c1-5-7(2)10(11(18)19)14-12(20)17(4)6-9-13-8(3)15-16-9/h7,10H,5-6H2,1-4H3,(H,14,20)(H,18,19)(H,13,15,16). The molecular weight excluding hydrogens is 262 g/mol. The number of rotatable bonds is 6. The van der Waals surface area contributed by atoms with E-state index in [4.69, 9.17) is 5.11 Å². The summed E-state index contributed by atoms with van der Waals surface area (Å²) in [7, 11) is 1.57. The van der Waals surface area contributed by atoms with Gasteiger partial charge in [0, 0.05) is 7.05 Å². The topological polar surface area (TPSA) is 111 Å². The Kier molecular flexibility index (Phi) is 5.48. The second kappa shape index (κ2) is 6.88. The molecule has 20 heavy (non-hydrogen) atoms. The second-order valence-corrected chi connectivity index (χ2v) is 4.84. The van der Waals surface area contributed by atoms with Crippen molar-refractivity contribution in [3.8, 4) is 0 Å². The molecule has 1 aromatic heterocycles. The van der Waals surface area contributed by atoms with Gasteiger partial charge in [0.1, 0.15) is 11.9 Å². The largest absolute Gasteiger partial charge is 0.480 e. The van der Waals surface area contributed by atoms with Crippen LogP contribution in [0.4, 0.5) is 4.79 Å². The fraction of sp³-hybridized carbons (Fsp3) is 0.667. The van der Waals surface area contributed by atoms with Crippen molar-refractivity contribution in [2.45, 2.75) is 39.8 Å². The van der Waals surface area contributed by atoms with E-state index in [-0.39, 0.29) is 12.5 Å². The van der Waals surface area contributed by atoms with E-state index in [9.17, 15) is 9.59 Å². The Morgan fingerprint density at radius 3 is 2.60 bits per heavy atom. The minimum absolute atomic E-state index is 0.143. The molecule has 0 radical (unpaired) electrons. The number of urea groups is 1. The molecule has 0 spiro atoms. The Hall–Kier alpha value is -2.12. The lowest BCUT2D eigenvalue weighted by Crippen LogP contribution is -2.49. The first-order chi connectivity index (χ1) is 9.35. The van der Waals surface area contributed by atoms with Crippen LogP contribution in [0.2, 0.25) is 0 Å². The highest BCUT2D eigenvalue weighted by atomic mass is 16.4. The molecule has 0 fully saturated rings. The first-order valence-corrected chi connectivity index (χ1v) is 6.47. The number of aryl methyl sites for hydroxylation is 1. The van der Waals surface area contributed by atoms with Crippen molar-refractivity contribution >= 4 is 12.0 Å². The minimum Gasteiger partial charge on any atom is -0.480 e. The number of aliphatic carboxylic acids is 1. The Morgan fingerprint density at radius 2 is 2.15 bits per heavy atom. The number of carboxylic acid groups (broad SMARTS) is 1. The van der Waals surface area contributed by atoms with Gasteiger partial charge in [0.25, 0.3) is 0 Å². The maximum Gasteiger partial charge on any atom is 0.326 e. The molecule has 8 heteroatoms. The number of amides is 2. The van der Waals surface area contributed by atoms with Crippen molar-refractivity contribution in [1.29, 1.82) is 0 Å². The van der Waals surface area contributed by atoms with E-state index in [1.165, 1.54) is 4.90 Å². The number of H-pyrrole nitrogens is 1. The number of carbonyl (C=O) groups excluding carboxylic acids is 1. The van der Waals surface area contributed by atoms with Crippen LogP contribution in [0.25, 0.3) is 0 Å². The summed E-state index contributed by atoms with van der Waals surface area (Å²) in [6, 6.07) is -1.36. The molecule has 0 aliphatic rings. The monoisotopic (exact) mass is 283 g/mol. The summed E-state index contributed by atoms with van der Waals surface area (Å²) < 4.78 is 0. The average molecular weight is 283 g/mol. The Labute approximate surface area is 117 Å². The zero-order chi connectivity index (χ0) is 15.3. The maximum atomic E-state index is 12.0. The van der Waals surface area contributed by atoms with Crippen LogP contribution < -0.4 is 5.32 Å². The van der Waals surface area contributed by atoms with Crippen LogP contribution in [0, 0.1) is 12.8 Å². The van der Waals surface area contributed by atoms with Crippen molar-refractivity contribution < 1.29 is 14.7 Å². The van der Waals surface area contributed by atoms with Gasteiger partial charge in [-0.1, -0.05) is 20.3 Å². The molecule has 0 saturated carbocycles. The van der Waals surface area contributed by atoms with Gasteiger partial charge in [-0.2, -0.15) is 5.10 Å². The lowest BCUT2D eigenvalue weighted by atomic mass is 9.99. The Morgan fingerprint density at radius 1 is 1.50 bits per heavy atom. The fourth-order valence-corrected chi connectivity index (χ4v) is 1.67. The minimum atomic E-state index is -1.03. The number of aromatic amines is 1. The van der Waals surface area contributed by atoms with Gasteiger partial charge in [0.15, 0.2) is 5.82 Å². The van der Waals surface area contributed by atoms with E-state index in [2.05, 4.69) is 20.5 Å². The summed E-state index contributed by atoms with van der Waals surface area (Å²) in [5.74, 6) is -0.0298. The molecule has 1 heterocycles. The van der Waals surface area contributed by atoms with Crippen LogP contribution in [0.15, 0.2) is 0 Å². The van der Waals surface area contributed by atoms with E-state index < -0.39 is 18.0 Å². The van der Waals surface area contributed by atoms with Crippen LogP contribution >= 0.6 is 0 Å². The smallest absolute Gasteiger partial charge is 0.326 e. The summed E-state index contributed by atoms with van der Waals surface area (Å²) >= 11 is 0. The number of hydrogen-bond acceptors (Lipinski definition) is 4. The molecule has 0 aliphatic heterocycles. The second-order valence-electron chi connectivity index (χ2n) is 4.84.